The standard InChI is InChI=1S/C10H14N5O5P/c11-10-13-8-7(9(17)14-10)12-5-15(8)3-6(4-16)1-2-21(18,19)20/h1-2,5-6,16H,3-4H2,(H2,18,19,20)(H3,11,13,14,17). The van der Waals surface area contributed by atoms with Gasteiger partial charge in [-0.15, -0.1) is 0 Å². The monoisotopic (exact) mass is 315 g/mol. The molecule has 0 aliphatic carbocycles. The molecular weight excluding hydrogens is 301 g/mol. The van der Waals surface area contributed by atoms with Crippen molar-refractivity contribution >= 4 is 24.7 Å². The van der Waals surface area contributed by atoms with Gasteiger partial charge < -0.3 is 25.2 Å². The van der Waals surface area contributed by atoms with Gasteiger partial charge in [-0.3, -0.25) is 14.3 Å². The van der Waals surface area contributed by atoms with E-state index < -0.39 is 19.1 Å². The number of anilines is 1. The average molecular weight is 315 g/mol. The van der Waals surface area contributed by atoms with Gasteiger partial charge in [0.25, 0.3) is 5.56 Å². The lowest BCUT2D eigenvalue weighted by Gasteiger charge is -2.11. The van der Waals surface area contributed by atoms with Crippen LogP contribution >= 0.6 is 7.60 Å². The van der Waals surface area contributed by atoms with Crippen molar-refractivity contribution in [2.75, 3.05) is 12.3 Å². The Bertz CT molecular complexity index is 776. The highest BCUT2D eigenvalue weighted by atomic mass is 31.2. The summed E-state index contributed by atoms with van der Waals surface area (Å²) in [5.74, 6) is 0.0830. The number of nitrogen functional groups attached to an aromatic ring is 1. The van der Waals surface area contributed by atoms with Gasteiger partial charge in [0.2, 0.25) is 5.95 Å². The molecule has 114 valence electrons. The minimum Gasteiger partial charge on any atom is -0.396 e. The fourth-order valence-electron chi connectivity index (χ4n) is 1.77. The van der Waals surface area contributed by atoms with E-state index in [1.54, 1.807) is 0 Å². The number of hydrogen-bond donors (Lipinski definition) is 5. The number of nitrogens with two attached hydrogens (primary N) is 1. The van der Waals surface area contributed by atoms with Crippen molar-refractivity contribution in [2.45, 2.75) is 6.54 Å². The topological polar surface area (TPSA) is 167 Å². The molecule has 2 aromatic rings. The van der Waals surface area contributed by atoms with Gasteiger partial charge in [-0.05, 0) is 0 Å². The van der Waals surface area contributed by atoms with Gasteiger partial charge in [0.15, 0.2) is 11.2 Å². The molecule has 0 aliphatic rings. The summed E-state index contributed by atoms with van der Waals surface area (Å²) in [5, 5.41) is 9.25. The number of imidazole rings is 1. The van der Waals surface area contributed by atoms with Crippen LogP contribution in [0.3, 0.4) is 0 Å². The molecule has 21 heavy (non-hydrogen) atoms. The quantitative estimate of drug-likeness (QED) is 0.438. The lowest BCUT2D eigenvalue weighted by molar-refractivity contribution is 0.240. The molecule has 0 spiro atoms. The van der Waals surface area contributed by atoms with Gasteiger partial charge >= 0.3 is 7.60 Å². The summed E-state index contributed by atoms with van der Waals surface area (Å²) in [6, 6.07) is 0. The van der Waals surface area contributed by atoms with Gasteiger partial charge in [-0.1, -0.05) is 6.08 Å². The first-order valence-electron chi connectivity index (χ1n) is 5.86. The van der Waals surface area contributed by atoms with Crippen molar-refractivity contribution in [1.29, 1.82) is 0 Å². The maximum atomic E-state index is 11.6. The Labute approximate surface area is 118 Å². The van der Waals surface area contributed by atoms with Gasteiger partial charge in [-0.25, -0.2) is 4.98 Å². The van der Waals surface area contributed by atoms with Gasteiger partial charge in [-0.2, -0.15) is 4.98 Å². The minimum absolute atomic E-state index is 0.0689. The Morgan fingerprint density at radius 3 is 2.86 bits per heavy atom. The molecule has 0 aliphatic heterocycles. The molecule has 0 radical (unpaired) electrons. The third kappa shape index (κ3) is 3.76. The molecule has 10 nitrogen and oxygen atoms in total. The van der Waals surface area contributed by atoms with Gasteiger partial charge in [0.1, 0.15) is 0 Å². The number of aliphatic hydroxyl groups is 1. The van der Waals surface area contributed by atoms with E-state index in [0.29, 0.717) is 0 Å². The van der Waals surface area contributed by atoms with Crippen molar-refractivity contribution in [3.05, 3.63) is 28.6 Å². The molecular formula is C10H14N5O5P. The molecule has 0 saturated carbocycles. The van der Waals surface area contributed by atoms with E-state index >= 15 is 0 Å². The van der Waals surface area contributed by atoms with Crippen molar-refractivity contribution in [1.82, 2.24) is 19.5 Å². The number of nitrogens with zero attached hydrogens (tertiary/aromatic N) is 3. The molecule has 0 amide bonds. The van der Waals surface area contributed by atoms with Crippen LogP contribution in [0.15, 0.2) is 23.0 Å². The molecule has 11 heteroatoms. The zero-order valence-corrected chi connectivity index (χ0v) is 11.6. The van der Waals surface area contributed by atoms with E-state index in [-0.39, 0.29) is 30.3 Å². The molecule has 2 rings (SSSR count). The SMILES string of the molecule is Nc1nc2c(ncn2CC(C=CP(=O)(O)O)CO)c(=O)[nH]1. The third-order valence-corrected chi connectivity index (χ3v) is 3.27. The highest BCUT2D eigenvalue weighted by Crippen LogP contribution is 2.36. The number of fused-ring (bicyclic) bond motifs is 1. The summed E-state index contributed by atoms with van der Waals surface area (Å²) in [4.78, 5) is 39.3. The molecule has 1 atom stereocenters. The Morgan fingerprint density at radius 1 is 1.52 bits per heavy atom. The predicted molar refractivity (Wildman–Crippen MR) is 74.3 cm³/mol. The largest absolute Gasteiger partial charge is 0.396 e. The first kappa shape index (κ1) is 15.4. The Morgan fingerprint density at radius 2 is 2.24 bits per heavy atom. The van der Waals surface area contributed by atoms with Crippen molar-refractivity contribution < 1.29 is 19.5 Å². The van der Waals surface area contributed by atoms with Gasteiger partial charge in [0.05, 0.1) is 12.9 Å². The van der Waals surface area contributed by atoms with Crippen LogP contribution < -0.4 is 11.3 Å². The van der Waals surface area contributed by atoms with E-state index in [1.165, 1.54) is 17.0 Å². The zero-order chi connectivity index (χ0) is 15.6. The summed E-state index contributed by atoms with van der Waals surface area (Å²) in [7, 11) is -4.29. The Hall–Kier alpha value is -2.00. The maximum Gasteiger partial charge on any atom is 0.348 e. The fourth-order valence-corrected chi connectivity index (χ4v) is 2.24. The number of H-pyrrole nitrogens is 1. The second kappa shape index (κ2) is 5.78. The van der Waals surface area contributed by atoms with Crippen LogP contribution in [0.4, 0.5) is 5.95 Å². The highest BCUT2D eigenvalue weighted by Gasteiger charge is 2.14. The number of rotatable bonds is 5. The predicted octanol–water partition coefficient (Wildman–Crippen LogP) is -0.998. The van der Waals surface area contributed by atoms with Crippen LogP contribution in [0.25, 0.3) is 11.2 Å². The number of nitrogens with one attached hydrogen (secondary N) is 1. The molecule has 6 N–H and O–H groups in total. The van der Waals surface area contributed by atoms with Crippen LogP contribution in [0.5, 0.6) is 0 Å². The lowest BCUT2D eigenvalue weighted by Crippen LogP contribution is -2.15. The molecule has 1 unspecified atom stereocenters. The summed E-state index contributed by atoms with van der Waals surface area (Å²) in [5.41, 5.74) is 5.31. The van der Waals surface area contributed by atoms with Crippen LogP contribution in [0.1, 0.15) is 0 Å². The van der Waals surface area contributed by atoms with Crippen LogP contribution in [-0.2, 0) is 11.1 Å². The van der Waals surface area contributed by atoms with E-state index in [1.807, 2.05) is 0 Å². The van der Waals surface area contributed by atoms with E-state index in [0.717, 1.165) is 5.82 Å². The van der Waals surface area contributed by atoms with E-state index in [4.69, 9.17) is 15.5 Å². The average Bonchev–Trinajstić information content (AvgIpc) is 2.76. The van der Waals surface area contributed by atoms with Crippen LogP contribution in [0.2, 0.25) is 0 Å². The number of aliphatic hydroxyl groups excluding tert-OH is 1. The van der Waals surface area contributed by atoms with Crippen LogP contribution in [0, 0.1) is 5.92 Å². The number of hydrogen-bond acceptors (Lipinski definition) is 6. The van der Waals surface area contributed by atoms with E-state index in [2.05, 4.69) is 15.0 Å². The fraction of sp³-hybridized carbons (Fsp3) is 0.300. The molecule has 0 bridgehead atoms. The van der Waals surface area contributed by atoms with Crippen LogP contribution in [-0.4, -0.2) is 41.0 Å². The lowest BCUT2D eigenvalue weighted by atomic mass is 10.1. The molecule has 0 fully saturated rings. The summed E-state index contributed by atoms with van der Waals surface area (Å²) >= 11 is 0. The Balaban J connectivity index is 2.32. The van der Waals surface area contributed by atoms with E-state index in [9.17, 15) is 14.5 Å². The molecule has 2 heterocycles. The molecule has 0 aromatic carbocycles. The minimum atomic E-state index is -4.29. The Kier molecular flexibility index (Phi) is 4.24. The number of aromatic amines is 1. The summed E-state index contributed by atoms with van der Waals surface area (Å²) < 4.78 is 12.3. The molecule has 2 aromatic heterocycles. The molecule has 0 saturated heterocycles. The normalized spacial score (nSPS) is 14.0. The summed E-state index contributed by atoms with van der Waals surface area (Å²) in [6.45, 7) is -0.200. The summed E-state index contributed by atoms with van der Waals surface area (Å²) in [6.07, 6.45) is 2.56. The van der Waals surface area contributed by atoms with Gasteiger partial charge in [0, 0.05) is 18.3 Å². The highest BCUT2D eigenvalue weighted by molar-refractivity contribution is 7.55. The van der Waals surface area contributed by atoms with Crippen molar-refractivity contribution in [3.8, 4) is 0 Å². The second-order valence-corrected chi connectivity index (χ2v) is 5.87. The third-order valence-electron chi connectivity index (χ3n) is 2.71. The van der Waals surface area contributed by atoms with Crippen molar-refractivity contribution in [3.63, 3.8) is 0 Å². The zero-order valence-electron chi connectivity index (χ0n) is 10.7. The maximum absolute atomic E-state index is 11.6. The smallest absolute Gasteiger partial charge is 0.348 e. The second-order valence-electron chi connectivity index (χ2n) is 4.39. The first-order chi connectivity index (χ1) is 9.80. The first-order valence-corrected chi connectivity index (χ1v) is 7.54. The van der Waals surface area contributed by atoms with Crippen molar-refractivity contribution in [2.24, 2.45) is 5.92 Å². The number of aromatic nitrogens is 4.